The van der Waals surface area contributed by atoms with Gasteiger partial charge in [0.1, 0.15) is 11.6 Å². The third-order valence-corrected chi connectivity index (χ3v) is 8.82. The molecule has 6 rings (SSSR count). The van der Waals surface area contributed by atoms with Gasteiger partial charge < -0.3 is 19.6 Å². The van der Waals surface area contributed by atoms with Gasteiger partial charge in [0.05, 0.1) is 30.4 Å². The lowest BCUT2D eigenvalue weighted by Gasteiger charge is -2.45. The zero-order valence-corrected chi connectivity index (χ0v) is 23.8. The van der Waals surface area contributed by atoms with Crippen molar-refractivity contribution in [3.63, 3.8) is 0 Å². The number of nitrogens with zero attached hydrogens (tertiary/aromatic N) is 2. The number of hydrogen-bond donors (Lipinski definition) is 1. The maximum Gasteiger partial charge on any atom is 0.311 e. The third kappa shape index (κ3) is 5.36. The van der Waals surface area contributed by atoms with Gasteiger partial charge in [0, 0.05) is 31.6 Å². The maximum atomic E-state index is 13.6. The van der Waals surface area contributed by atoms with E-state index in [2.05, 4.69) is 27.5 Å². The number of carbonyl (C=O) groups is 1. The summed E-state index contributed by atoms with van der Waals surface area (Å²) in [5, 5.41) is 8.06. The van der Waals surface area contributed by atoms with Gasteiger partial charge in [-0.25, -0.2) is 4.39 Å². The lowest BCUT2D eigenvalue weighted by atomic mass is 9.75. The van der Waals surface area contributed by atoms with E-state index < -0.39 is 5.41 Å². The molecule has 1 saturated carbocycles. The maximum absolute atomic E-state index is 13.6. The summed E-state index contributed by atoms with van der Waals surface area (Å²) in [6.07, 6.45) is 4.57. The molecule has 214 valence electrons. The number of rotatable bonds is 9. The molecular formula is C32H40FN3O4. The number of piperidine rings is 1. The van der Waals surface area contributed by atoms with Crippen molar-refractivity contribution in [3.05, 3.63) is 53.3 Å². The van der Waals surface area contributed by atoms with Crippen LogP contribution in [0.4, 0.5) is 4.39 Å². The molecule has 2 aromatic carbocycles. The van der Waals surface area contributed by atoms with E-state index in [-0.39, 0.29) is 23.4 Å². The average molecular weight is 550 g/mol. The van der Waals surface area contributed by atoms with Crippen LogP contribution in [0.15, 0.2) is 41.6 Å². The summed E-state index contributed by atoms with van der Waals surface area (Å²) in [5.41, 5.74) is 4.86. The largest absolute Gasteiger partial charge is 0.493 e. The van der Waals surface area contributed by atoms with E-state index in [9.17, 15) is 9.18 Å². The Kier molecular flexibility index (Phi) is 7.34. The first-order valence-electron chi connectivity index (χ1n) is 14.7. The highest BCUT2D eigenvalue weighted by molar-refractivity contribution is 5.92. The second-order valence-corrected chi connectivity index (χ2v) is 12.2. The molecule has 2 atom stereocenters. The molecule has 2 aromatic rings. The number of ether oxygens (including phenoxy) is 2. The molecule has 1 aliphatic carbocycles. The van der Waals surface area contributed by atoms with Crippen LogP contribution in [0.2, 0.25) is 0 Å². The Morgan fingerprint density at radius 1 is 1.18 bits per heavy atom. The lowest BCUT2D eigenvalue weighted by molar-refractivity contribution is -0.156. The van der Waals surface area contributed by atoms with Crippen LogP contribution in [-0.4, -0.2) is 61.1 Å². The quantitative estimate of drug-likeness (QED) is 0.421. The number of nitrogens with one attached hydrogen (secondary N) is 1. The lowest BCUT2D eigenvalue weighted by Crippen LogP contribution is -2.62. The van der Waals surface area contributed by atoms with Crippen molar-refractivity contribution in [2.75, 3.05) is 32.8 Å². The summed E-state index contributed by atoms with van der Waals surface area (Å²) in [5.74, 6) is 1.05. The first kappa shape index (κ1) is 27.2. The van der Waals surface area contributed by atoms with Crippen molar-refractivity contribution in [2.24, 2.45) is 10.6 Å². The topological polar surface area (TPSA) is 72.4 Å². The minimum atomic E-state index is -0.493. The Morgan fingerprint density at radius 2 is 1.95 bits per heavy atom. The number of likely N-dealkylation sites (tertiary alicyclic amines) is 1. The highest BCUT2D eigenvalue weighted by atomic mass is 19.1. The standard InChI is InChI=1S/C32H40FN3O4/c1-4-38-28-15-21(14-25(22-6-7-22)29(28)23-8-10-24(33)11-9-23)18-36-19-32(20-36)17-27(35-40-32)26-16-31(3,12-13-34-26)30(37)39-5-2/h8-11,14-15,22,26,34H,4-7,12-13,16-20H2,1-3H3. The molecule has 1 N–H and O–H groups in total. The van der Waals surface area contributed by atoms with Crippen molar-refractivity contribution in [3.8, 4) is 16.9 Å². The van der Waals surface area contributed by atoms with Crippen molar-refractivity contribution in [1.29, 1.82) is 0 Å². The summed E-state index contributed by atoms with van der Waals surface area (Å²) in [6, 6.07) is 11.3. The molecule has 0 bridgehead atoms. The van der Waals surface area contributed by atoms with E-state index in [1.165, 1.54) is 36.1 Å². The van der Waals surface area contributed by atoms with Crippen molar-refractivity contribution in [2.45, 2.75) is 77.0 Å². The first-order chi connectivity index (χ1) is 19.3. The molecule has 7 nitrogen and oxygen atoms in total. The summed E-state index contributed by atoms with van der Waals surface area (Å²) in [6.45, 7) is 10.0. The monoisotopic (exact) mass is 549 g/mol. The number of halogens is 1. The van der Waals surface area contributed by atoms with Gasteiger partial charge in [-0.05, 0) is 93.8 Å². The van der Waals surface area contributed by atoms with Gasteiger partial charge in [-0.3, -0.25) is 9.69 Å². The summed E-state index contributed by atoms with van der Waals surface area (Å²) in [4.78, 5) is 21.0. The Bertz CT molecular complexity index is 1290. The molecule has 2 unspecified atom stereocenters. The van der Waals surface area contributed by atoms with Gasteiger partial charge in [-0.15, -0.1) is 0 Å². The van der Waals surface area contributed by atoms with Gasteiger partial charge >= 0.3 is 5.97 Å². The Balaban J connectivity index is 1.12. The zero-order chi connectivity index (χ0) is 27.9. The number of oxime groups is 1. The molecule has 0 radical (unpaired) electrons. The molecule has 0 amide bonds. The van der Waals surface area contributed by atoms with Crippen LogP contribution in [0.1, 0.15) is 69.9 Å². The molecule has 3 heterocycles. The Morgan fingerprint density at radius 3 is 2.65 bits per heavy atom. The van der Waals surface area contributed by atoms with E-state index in [0.717, 1.165) is 61.6 Å². The fourth-order valence-electron chi connectivity index (χ4n) is 6.62. The van der Waals surface area contributed by atoms with Crippen LogP contribution in [0.25, 0.3) is 11.1 Å². The molecule has 3 aliphatic heterocycles. The number of benzene rings is 2. The Hall–Kier alpha value is -2.97. The predicted molar refractivity (Wildman–Crippen MR) is 152 cm³/mol. The van der Waals surface area contributed by atoms with Crippen LogP contribution in [-0.2, 0) is 20.9 Å². The fraction of sp³-hybridized carbons (Fsp3) is 0.562. The van der Waals surface area contributed by atoms with Crippen LogP contribution >= 0.6 is 0 Å². The van der Waals surface area contributed by atoms with Crippen LogP contribution in [0.5, 0.6) is 5.75 Å². The smallest absolute Gasteiger partial charge is 0.311 e. The summed E-state index contributed by atoms with van der Waals surface area (Å²) in [7, 11) is 0. The number of carbonyl (C=O) groups excluding carboxylic acids is 1. The van der Waals surface area contributed by atoms with Gasteiger partial charge in [0.2, 0.25) is 0 Å². The van der Waals surface area contributed by atoms with Crippen LogP contribution in [0, 0.1) is 11.2 Å². The van der Waals surface area contributed by atoms with Crippen molar-refractivity contribution in [1.82, 2.24) is 10.2 Å². The van der Waals surface area contributed by atoms with Gasteiger partial charge in [-0.1, -0.05) is 23.4 Å². The SMILES string of the molecule is CCOC(=O)C1(C)CCNC(C2=NOC3(C2)CN(Cc2cc(OCC)c(-c4ccc(F)cc4)c(C4CC4)c2)C3)C1. The average Bonchev–Trinajstić information content (AvgIpc) is 3.67. The number of esters is 1. The van der Waals surface area contributed by atoms with E-state index in [1.54, 1.807) is 0 Å². The normalized spacial score (nSPS) is 25.7. The second kappa shape index (κ2) is 10.8. The van der Waals surface area contributed by atoms with Gasteiger partial charge in [0.25, 0.3) is 0 Å². The molecule has 3 fully saturated rings. The molecule has 8 heteroatoms. The summed E-state index contributed by atoms with van der Waals surface area (Å²) >= 11 is 0. The van der Waals surface area contributed by atoms with Crippen molar-refractivity contribution < 1.29 is 23.5 Å². The first-order valence-corrected chi connectivity index (χ1v) is 14.7. The van der Waals surface area contributed by atoms with Crippen LogP contribution in [0.3, 0.4) is 0 Å². The molecule has 40 heavy (non-hydrogen) atoms. The second-order valence-electron chi connectivity index (χ2n) is 12.2. The van der Waals surface area contributed by atoms with Crippen LogP contribution < -0.4 is 10.1 Å². The van der Waals surface area contributed by atoms with E-state index in [0.29, 0.717) is 25.6 Å². The van der Waals surface area contributed by atoms with Gasteiger partial charge in [0.15, 0.2) is 5.60 Å². The van der Waals surface area contributed by atoms with E-state index in [4.69, 9.17) is 14.3 Å². The molecular weight excluding hydrogens is 509 g/mol. The minimum Gasteiger partial charge on any atom is -0.493 e. The third-order valence-electron chi connectivity index (χ3n) is 8.82. The summed E-state index contributed by atoms with van der Waals surface area (Å²) < 4.78 is 25.1. The van der Waals surface area contributed by atoms with Gasteiger partial charge in [-0.2, -0.15) is 0 Å². The van der Waals surface area contributed by atoms with Crippen molar-refractivity contribution >= 4 is 11.7 Å². The Labute approximate surface area is 236 Å². The molecule has 1 spiro atoms. The minimum absolute atomic E-state index is 0.0328. The predicted octanol–water partition coefficient (Wildman–Crippen LogP) is 5.42. The molecule has 4 aliphatic rings. The highest BCUT2D eigenvalue weighted by Crippen LogP contribution is 2.48. The molecule has 0 aromatic heterocycles. The molecule has 2 saturated heterocycles. The van der Waals surface area contributed by atoms with E-state index in [1.807, 2.05) is 32.9 Å². The zero-order valence-electron chi connectivity index (χ0n) is 23.8. The van der Waals surface area contributed by atoms with E-state index >= 15 is 0 Å². The fourth-order valence-corrected chi connectivity index (χ4v) is 6.62. The highest BCUT2D eigenvalue weighted by Gasteiger charge is 2.52. The number of hydrogen-bond acceptors (Lipinski definition) is 7.